The monoisotopic (exact) mass is 316 g/mol. The summed E-state index contributed by atoms with van der Waals surface area (Å²) in [7, 11) is 0. The maximum atomic E-state index is 10.1. The molecule has 6 heteroatoms. The van der Waals surface area contributed by atoms with E-state index in [9.17, 15) is 9.90 Å². The van der Waals surface area contributed by atoms with E-state index in [1.54, 1.807) is 18.2 Å². The SMILES string of the molecule is O=C(O)O.O=C([O-])c1ccccc1.[Cs+]. The number of hydrogen-bond donors (Lipinski definition) is 2. The number of aromatic carboxylic acids is 1. The van der Waals surface area contributed by atoms with Gasteiger partial charge < -0.3 is 20.1 Å². The quantitative estimate of drug-likeness (QED) is 0.587. The minimum absolute atomic E-state index is 0. The van der Waals surface area contributed by atoms with Gasteiger partial charge in [-0.1, -0.05) is 30.3 Å². The first-order valence-corrected chi connectivity index (χ1v) is 3.22. The summed E-state index contributed by atoms with van der Waals surface area (Å²) in [6, 6.07) is 8.06. The van der Waals surface area contributed by atoms with Crippen LogP contribution in [0.4, 0.5) is 4.79 Å². The van der Waals surface area contributed by atoms with Crippen molar-refractivity contribution < 1.29 is 93.8 Å². The smallest absolute Gasteiger partial charge is 0.545 e. The Morgan fingerprint density at radius 3 is 1.64 bits per heavy atom. The van der Waals surface area contributed by atoms with Crippen LogP contribution in [-0.2, 0) is 0 Å². The Morgan fingerprint density at radius 1 is 1.07 bits per heavy atom. The third kappa shape index (κ3) is 10.1. The molecule has 0 unspecified atom stereocenters. The number of carboxylic acid groups (broad SMARTS) is 3. The van der Waals surface area contributed by atoms with E-state index < -0.39 is 12.1 Å². The van der Waals surface area contributed by atoms with Crippen molar-refractivity contribution in [1.82, 2.24) is 0 Å². The van der Waals surface area contributed by atoms with E-state index in [2.05, 4.69) is 0 Å². The molecule has 0 heterocycles. The molecule has 0 saturated heterocycles. The second-order valence-electron chi connectivity index (χ2n) is 1.94. The molecule has 0 fully saturated rings. The van der Waals surface area contributed by atoms with Gasteiger partial charge in [0.05, 0.1) is 5.97 Å². The zero-order valence-electron chi connectivity index (χ0n) is 7.51. The molecule has 0 spiro atoms. The number of benzene rings is 1. The molecule has 14 heavy (non-hydrogen) atoms. The molecule has 0 bridgehead atoms. The number of carbonyl (C=O) groups is 2. The first-order chi connectivity index (χ1) is 6.04. The molecule has 0 radical (unpaired) electrons. The molecule has 0 saturated carbocycles. The molecule has 2 N–H and O–H groups in total. The Hall–Kier alpha value is 0.0119. The average molecular weight is 316 g/mol. The van der Waals surface area contributed by atoms with Gasteiger partial charge in [0.1, 0.15) is 0 Å². The van der Waals surface area contributed by atoms with Gasteiger partial charge in [-0.25, -0.2) is 4.79 Å². The summed E-state index contributed by atoms with van der Waals surface area (Å²) in [5.74, 6) is -1.13. The molecule has 5 nitrogen and oxygen atoms in total. The molecule has 0 amide bonds. The zero-order chi connectivity index (χ0) is 10.3. The second kappa shape index (κ2) is 9.56. The summed E-state index contributed by atoms with van der Waals surface area (Å²) in [4.78, 5) is 18.6. The molecule has 1 aromatic rings. The summed E-state index contributed by atoms with van der Waals surface area (Å²) in [5, 5.41) is 24.0. The Kier molecular flexibility index (Phi) is 11.2. The van der Waals surface area contributed by atoms with Gasteiger partial charge in [0, 0.05) is 0 Å². The zero-order valence-corrected chi connectivity index (χ0v) is 13.8. The topological polar surface area (TPSA) is 97.7 Å². The van der Waals surface area contributed by atoms with Crippen molar-refractivity contribution in [3.63, 3.8) is 0 Å². The number of rotatable bonds is 1. The van der Waals surface area contributed by atoms with Crippen LogP contribution in [0.2, 0.25) is 0 Å². The van der Waals surface area contributed by atoms with Crippen LogP contribution in [0.1, 0.15) is 10.4 Å². The van der Waals surface area contributed by atoms with Crippen molar-refractivity contribution in [1.29, 1.82) is 0 Å². The molecule has 0 aliphatic carbocycles. The number of carboxylic acids is 1. The van der Waals surface area contributed by atoms with Crippen molar-refractivity contribution in [2.24, 2.45) is 0 Å². The van der Waals surface area contributed by atoms with E-state index in [4.69, 9.17) is 15.0 Å². The number of carbonyl (C=O) groups excluding carboxylic acids is 1. The normalized spacial score (nSPS) is 7.43. The molecule has 1 aromatic carbocycles. The molecule has 0 aliphatic heterocycles. The minimum atomic E-state index is -1.83. The summed E-state index contributed by atoms with van der Waals surface area (Å²) in [6.07, 6.45) is -1.83. The van der Waals surface area contributed by atoms with Crippen LogP contribution in [0.25, 0.3) is 0 Å². The van der Waals surface area contributed by atoms with Crippen molar-refractivity contribution in [2.45, 2.75) is 0 Å². The molecule has 1 rings (SSSR count). The Labute approximate surface area is 139 Å². The van der Waals surface area contributed by atoms with Crippen LogP contribution in [0.15, 0.2) is 30.3 Å². The average Bonchev–Trinajstić information content (AvgIpc) is 2.05. The van der Waals surface area contributed by atoms with E-state index in [1.165, 1.54) is 12.1 Å². The third-order valence-electron chi connectivity index (χ3n) is 1.01. The van der Waals surface area contributed by atoms with Crippen molar-refractivity contribution >= 4 is 12.1 Å². The summed E-state index contributed by atoms with van der Waals surface area (Å²) in [6.45, 7) is 0. The van der Waals surface area contributed by atoms with Gasteiger partial charge in [-0.15, -0.1) is 0 Å². The molecular formula is C8H7CsO5. The maximum absolute atomic E-state index is 10.1. The molecule has 0 aliphatic rings. The summed E-state index contributed by atoms with van der Waals surface area (Å²) >= 11 is 0. The Bertz CT molecular complexity index is 281. The van der Waals surface area contributed by atoms with E-state index >= 15 is 0 Å². The van der Waals surface area contributed by atoms with Crippen LogP contribution in [0.3, 0.4) is 0 Å². The van der Waals surface area contributed by atoms with Crippen LogP contribution in [0, 0.1) is 0 Å². The Balaban J connectivity index is 0. The summed E-state index contributed by atoms with van der Waals surface area (Å²) < 4.78 is 0. The van der Waals surface area contributed by atoms with Gasteiger partial charge in [0.15, 0.2) is 0 Å². The van der Waals surface area contributed by atoms with Crippen LogP contribution < -0.4 is 74.0 Å². The summed E-state index contributed by atoms with van der Waals surface area (Å²) in [5.41, 5.74) is 0.220. The minimum Gasteiger partial charge on any atom is -0.545 e. The van der Waals surface area contributed by atoms with Crippen LogP contribution in [-0.4, -0.2) is 22.3 Å². The van der Waals surface area contributed by atoms with Crippen LogP contribution in [0.5, 0.6) is 0 Å². The van der Waals surface area contributed by atoms with Gasteiger partial charge in [0.25, 0.3) is 0 Å². The van der Waals surface area contributed by atoms with Crippen molar-refractivity contribution in [2.75, 3.05) is 0 Å². The number of hydrogen-bond acceptors (Lipinski definition) is 3. The van der Waals surface area contributed by atoms with E-state index in [0.717, 1.165) is 0 Å². The molecule has 0 atom stereocenters. The van der Waals surface area contributed by atoms with E-state index in [0.29, 0.717) is 0 Å². The first kappa shape index (κ1) is 16.4. The van der Waals surface area contributed by atoms with Gasteiger partial charge in [-0.05, 0) is 5.56 Å². The van der Waals surface area contributed by atoms with Gasteiger partial charge in [0.2, 0.25) is 0 Å². The molecule has 0 aromatic heterocycles. The third-order valence-corrected chi connectivity index (χ3v) is 1.01. The second-order valence-corrected chi connectivity index (χ2v) is 1.94. The van der Waals surface area contributed by atoms with Gasteiger partial charge in [-0.2, -0.15) is 0 Å². The van der Waals surface area contributed by atoms with Gasteiger partial charge >= 0.3 is 75.0 Å². The predicted octanol–water partition coefficient (Wildman–Crippen LogP) is -2.72. The molecular weight excluding hydrogens is 309 g/mol. The fourth-order valence-corrected chi connectivity index (χ4v) is 0.574. The van der Waals surface area contributed by atoms with E-state index in [-0.39, 0.29) is 74.5 Å². The Morgan fingerprint density at radius 2 is 1.43 bits per heavy atom. The maximum Gasteiger partial charge on any atom is 1.00 e. The van der Waals surface area contributed by atoms with Crippen molar-refractivity contribution in [3.05, 3.63) is 35.9 Å². The fourth-order valence-electron chi connectivity index (χ4n) is 0.574. The van der Waals surface area contributed by atoms with Crippen LogP contribution >= 0.6 is 0 Å². The van der Waals surface area contributed by atoms with Crippen molar-refractivity contribution in [3.8, 4) is 0 Å². The standard InChI is InChI=1S/C7H6O2.CH2O3.Cs/c8-7(9)6-4-2-1-3-5-6;2-1(3)4;/h1-5H,(H,8,9);(H2,2,3,4);/q;;+1/p-1. The van der Waals surface area contributed by atoms with E-state index in [1.807, 2.05) is 0 Å². The largest absolute Gasteiger partial charge is 1.00 e. The predicted molar refractivity (Wildman–Crippen MR) is 41.4 cm³/mol. The van der Waals surface area contributed by atoms with Gasteiger partial charge in [-0.3, -0.25) is 0 Å². The first-order valence-electron chi connectivity index (χ1n) is 3.22. The molecule has 70 valence electrons. The fraction of sp³-hybridized carbons (Fsp3) is 0.